The third-order valence-corrected chi connectivity index (χ3v) is 9.55. The molecule has 50 heavy (non-hydrogen) atoms. The van der Waals surface area contributed by atoms with E-state index in [0.29, 0.717) is 58.7 Å². The third-order valence-electron chi connectivity index (χ3n) is 9.55. The molecular formula is C36H40N8O6. The normalized spacial score (nSPS) is 17.5. The lowest BCUT2D eigenvalue weighted by molar-refractivity contribution is -0.158. The van der Waals surface area contributed by atoms with Gasteiger partial charge in [-0.2, -0.15) is 5.10 Å². The Hall–Kier alpha value is -5.63. The fraction of sp³-hybridized carbons (Fsp3) is 0.361. The number of ether oxygens (including phenoxy) is 1. The van der Waals surface area contributed by atoms with Crippen LogP contribution < -0.4 is 10.6 Å². The second-order valence-corrected chi connectivity index (χ2v) is 12.8. The van der Waals surface area contributed by atoms with E-state index in [1.165, 1.54) is 5.06 Å². The fourth-order valence-electron chi connectivity index (χ4n) is 6.76. The summed E-state index contributed by atoms with van der Waals surface area (Å²) < 4.78 is 5.23. The van der Waals surface area contributed by atoms with Crippen molar-refractivity contribution < 1.29 is 28.8 Å². The molecule has 14 nitrogen and oxygen atoms in total. The number of carbonyl (C=O) groups is 4. The summed E-state index contributed by atoms with van der Waals surface area (Å²) in [6.45, 7) is 2.77. The van der Waals surface area contributed by atoms with Crippen molar-refractivity contribution in [3.8, 4) is 0 Å². The number of likely N-dealkylation sites (tertiary alicyclic amines) is 1. The number of rotatable bonds is 8. The van der Waals surface area contributed by atoms with Gasteiger partial charge >= 0.3 is 18.2 Å². The van der Waals surface area contributed by atoms with Gasteiger partial charge in [0.05, 0.1) is 24.8 Å². The molecule has 0 saturated carbocycles. The van der Waals surface area contributed by atoms with E-state index in [9.17, 15) is 19.2 Å². The van der Waals surface area contributed by atoms with E-state index in [1.807, 2.05) is 77.7 Å². The molecule has 260 valence electrons. The van der Waals surface area contributed by atoms with Gasteiger partial charge in [-0.25, -0.2) is 14.4 Å². The summed E-state index contributed by atoms with van der Waals surface area (Å²) in [5, 5.41) is 15.4. The molecule has 3 N–H and O–H groups in total. The summed E-state index contributed by atoms with van der Waals surface area (Å²) in [7, 11) is 0. The van der Waals surface area contributed by atoms with Gasteiger partial charge in [0, 0.05) is 56.3 Å². The number of para-hydroxylation sites is 1. The van der Waals surface area contributed by atoms with Crippen LogP contribution in [0.25, 0.3) is 10.9 Å². The zero-order valence-electron chi connectivity index (χ0n) is 27.6. The van der Waals surface area contributed by atoms with Crippen molar-refractivity contribution in [2.24, 2.45) is 0 Å². The number of H-pyrrole nitrogens is 1. The number of benzene rings is 3. The van der Waals surface area contributed by atoms with Gasteiger partial charge in [0.25, 0.3) is 0 Å². The molecule has 14 heteroatoms. The number of piperidine rings is 1. The first-order valence-corrected chi connectivity index (χ1v) is 16.9. The highest BCUT2D eigenvalue weighted by atomic mass is 16.8. The molecule has 2 saturated heterocycles. The van der Waals surface area contributed by atoms with Gasteiger partial charge in [0.15, 0.2) is 0 Å². The van der Waals surface area contributed by atoms with Crippen molar-refractivity contribution in [2.75, 3.05) is 44.6 Å². The number of fused-ring (bicyclic) bond motifs is 2. The minimum Gasteiger partial charge on any atom is -0.428 e. The van der Waals surface area contributed by atoms with Gasteiger partial charge in [0.1, 0.15) is 12.6 Å². The van der Waals surface area contributed by atoms with Crippen LogP contribution in [0.3, 0.4) is 0 Å². The van der Waals surface area contributed by atoms with Crippen LogP contribution in [0.4, 0.5) is 20.1 Å². The maximum atomic E-state index is 14.0. The first-order chi connectivity index (χ1) is 24.4. The zero-order valence-corrected chi connectivity index (χ0v) is 27.6. The van der Waals surface area contributed by atoms with E-state index in [1.54, 1.807) is 16.0 Å². The maximum absolute atomic E-state index is 14.0. The smallest absolute Gasteiger partial charge is 0.428 e. The molecule has 1 atom stereocenters. The van der Waals surface area contributed by atoms with Gasteiger partial charge in [-0.15, -0.1) is 5.06 Å². The van der Waals surface area contributed by atoms with Crippen LogP contribution in [-0.4, -0.2) is 105 Å². The van der Waals surface area contributed by atoms with Crippen molar-refractivity contribution in [2.45, 2.75) is 44.5 Å². The Morgan fingerprint density at radius 3 is 2.44 bits per heavy atom. The van der Waals surface area contributed by atoms with E-state index in [-0.39, 0.29) is 37.0 Å². The molecule has 4 aromatic rings. The molecule has 0 radical (unpaired) electrons. The van der Waals surface area contributed by atoms with Crippen LogP contribution in [0, 0.1) is 0 Å². The average Bonchev–Trinajstić information content (AvgIpc) is 3.62. The maximum Gasteiger partial charge on any atom is 0.528 e. The fourth-order valence-corrected chi connectivity index (χ4v) is 6.76. The number of piperazine rings is 1. The molecule has 1 unspecified atom stereocenters. The van der Waals surface area contributed by atoms with E-state index in [2.05, 4.69) is 20.8 Å². The van der Waals surface area contributed by atoms with E-state index in [4.69, 9.17) is 9.57 Å². The Bertz CT molecular complexity index is 1830. The summed E-state index contributed by atoms with van der Waals surface area (Å²) in [6.07, 6.45) is 2.48. The van der Waals surface area contributed by atoms with E-state index >= 15 is 0 Å². The lowest BCUT2D eigenvalue weighted by Crippen LogP contribution is -2.58. The van der Waals surface area contributed by atoms with Gasteiger partial charge in [-0.1, -0.05) is 54.6 Å². The van der Waals surface area contributed by atoms with E-state index in [0.717, 1.165) is 33.3 Å². The van der Waals surface area contributed by atoms with Crippen LogP contribution in [0.15, 0.2) is 79.0 Å². The summed E-state index contributed by atoms with van der Waals surface area (Å²) in [6, 6.07) is 21.7. The molecule has 4 heterocycles. The van der Waals surface area contributed by atoms with E-state index < -0.39 is 12.2 Å². The number of nitrogens with one attached hydrogen (secondary N) is 3. The summed E-state index contributed by atoms with van der Waals surface area (Å²) in [5.41, 5.74) is 4.52. The minimum atomic E-state index is -0.822. The van der Waals surface area contributed by atoms with Crippen molar-refractivity contribution in [3.63, 3.8) is 0 Å². The molecule has 7 rings (SSSR count). The standard InChI is InChI=1S/C36H40N8O6/c45-33(41-16-18-43(19-17-41)50-36(48)49-24-25-6-2-1-3-7-25)32(21-26-10-11-31-28(20-26)22-37-40-31)39-34(46)42-14-12-29(13-15-42)44-23-27-8-4-5-9-30(27)38-35(44)47/h1-11,20,22,29,32H,12-19,21,23-24H2,(H,37,40)(H,38,47)(H,39,46). The Labute approximate surface area is 289 Å². The number of anilines is 1. The van der Waals surface area contributed by atoms with Crippen molar-refractivity contribution in [3.05, 3.63) is 95.7 Å². The van der Waals surface area contributed by atoms with Crippen LogP contribution in [0.2, 0.25) is 0 Å². The Kier molecular flexibility index (Phi) is 9.78. The largest absolute Gasteiger partial charge is 0.528 e. The van der Waals surface area contributed by atoms with Crippen LogP contribution in [0.1, 0.15) is 29.5 Å². The quantitative estimate of drug-likeness (QED) is 0.235. The Morgan fingerprint density at radius 1 is 0.880 bits per heavy atom. The average molecular weight is 681 g/mol. The highest BCUT2D eigenvalue weighted by molar-refractivity contribution is 5.92. The molecule has 3 aliphatic rings. The first-order valence-electron chi connectivity index (χ1n) is 16.9. The van der Waals surface area contributed by atoms with Crippen molar-refractivity contribution in [1.29, 1.82) is 0 Å². The summed E-state index contributed by atoms with van der Waals surface area (Å²) >= 11 is 0. The molecule has 3 aliphatic heterocycles. The number of hydrogen-bond donors (Lipinski definition) is 3. The van der Waals surface area contributed by atoms with Gasteiger partial charge in [-0.3, -0.25) is 9.89 Å². The number of aromatic amines is 1. The van der Waals surface area contributed by atoms with Crippen LogP contribution in [-0.2, 0) is 33.9 Å². The SMILES string of the molecule is O=C(OCc1ccccc1)ON1CCN(C(=O)C(Cc2ccc3[nH]ncc3c2)NC(=O)N2CCC(N3Cc4ccccc4NC3=O)CC2)CC1. The molecule has 1 aromatic heterocycles. The lowest BCUT2D eigenvalue weighted by Gasteiger charge is -2.41. The minimum absolute atomic E-state index is 0.000609. The summed E-state index contributed by atoms with van der Waals surface area (Å²) in [4.78, 5) is 63.4. The van der Waals surface area contributed by atoms with Gasteiger partial charge in [0.2, 0.25) is 5.91 Å². The second-order valence-electron chi connectivity index (χ2n) is 12.8. The molecule has 5 amide bonds. The van der Waals surface area contributed by atoms with Crippen LogP contribution in [0.5, 0.6) is 0 Å². The third kappa shape index (κ3) is 7.65. The molecular weight excluding hydrogens is 640 g/mol. The van der Waals surface area contributed by atoms with Crippen molar-refractivity contribution >= 4 is 40.7 Å². The lowest BCUT2D eigenvalue weighted by atomic mass is 10.0. The second kappa shape index (κ2) is 14.9. The zero-order chi connectivity index (χ0) is 34.5. The van der Waals surface area contributed by atoms with Gasteiger partial charge in [-0.05, 0) is 47.7 Å². The van der Waals surface area contributed by atoms with Crippen LogP contribution >= 0.6 is 0 Å². The molecule has 0 spiro atoms. The molecule has 0 bridgehead atoms. The predicted molar refractivity (Wildman–Crippen MR) is 184 cm³/mol. The molecule has 2 fully saturated rings. The number of aromatic nitrogens is 2. The van der Waals surface area contributed by atoms with Crippen molar-refractivity contribution in [1.82, 2.24) is 35.3 Å². The number of nitrogens with zero attached hydrogens (tertiary/aromatic N) is 5. The Morgan fingerprint density at radius 2 is 1.64 bits per heavy atom. The summed E-state index contributed by atoms with van der Waals surface area (Å²) in [5.74, 6) is -0.213. The number of urea groups is 2. The number of amides is 5. The number of carbonyl (C=O) groups excluding carboxylic acids is 4. The monoisotopic (exact) mass is 680 g/mol. The number of hydrogen-bond acceptors (Lipinski definition) is 8. The highest BCUT2D eigenvalue weighted by Crippen LogP contribution is 2.28. The highest BCUT2D eigenvalue weighted by Gasteiger charge is 2.35. The topological polar surface area (TPSA) is 152 Å². The molecule has 0 aliphatic carbocycles. The first kappa shape index (κ1) is 32.9. The number of hydroxylamine groups is 2. The molecule has 3 aromatic carbocycles. The predicted octanol–water partition coefficient (Wildman–Crippen LogP) is 4.11. The van der Waals surface area contributed by atoms with Gasteiger partial charge < -0.3 is 34.9 Å². The Balaban J connectivity index is 0.953.